The average molecular weight is 342 g/mol. The molecule has 0 aliphatic rings. The molecule has 0 aliphatic carbocycles. The molecule has 0 radical (unpaired) electrons. The van der Waals surface area contributed by atoms with E-state index in [1.54, 1.807) is 12.1 Å². The Morgan fingerprint density at radius 2 is 1.36 bits per heavy atom. The monoisotopic (exact) mass is 341 g/mol. The third-order valence-electron chi connectivity index (χ3n) is 2.55. The largest absolute Gasteiger partial charge is 0.489 e. The quantitative estimate of drug-likeness (QED) is 0.730. The molecule has 2 nitrogen and oxygen atoms in total. The second-order valence-corrected chi connectivity index (χ2v) is 4.70. The molecule has 0 aliphatic heterocycles. The zero-order valence-electron chi connectivity index (χ0n) is 13.7. The van der Waals surface area contributed by atoms with Crippen molar-refractivity contribution < 1.29 is 4.74 Å². The Morgan fingerprint density at radius 3 is 1.86 bits per heavy atom. The third kappa shape index (κ3) is 7.17. The van der Waals surface area contributed by atoms with Gasteiger partial charge in [-0.05, 0) is 35.4 Å². The Kier molecular flexibility index (Phi) is 11.7. The van der Waals surface area contributed by atoms with Crippen LogP contribution in [0.1, 0.15) is 38.8 Å². The van der Waals surface area contributed by atoms with Gasteiger partial charge in [-0.25, -0.2) is 0 Å². The fraction of sp³-hybridized carbons (Fsp3) is 0.333. The molecule has 0 saturated heterocycles. The number of halogens is 2. The second-order valence-electron chi connectivity index (χ2n) is 3.89. The summed E-state index contributed by atoms with van der Waals surface area (Å²) in [4.78, 5) is 0. The van der Waals surface area contributed by atoms with E-state index in [-0.39, 0.29) is 0 Å². The second kappa shape index (κ2) is 12.3. The van der Waals surface area contributed by atoms with E-state index in [2.05, 4.69) is 0 Å². The lowest BCUT2D eigenvalue weighted by atomic mass is 10.2. The molecule has 0 heterocycles. The van der Waals surface area contributed by atoms with Crippen LogP contribution in [0, 0.1) is 0 Å². The molecule has 0 spiro atoms. The van der Waals surface area contributed by atoms with E-state index in [1.165, 1.54) is 0 Å². The summed E-state index contributed by atoms with van der Waals surface area (Å²) in [6, 6.07) is 13.2. The molecule has 0 bridgehead atoms. The van der Waals surface area contributed by atoms with Crippen LogP contribution >= 0.6 is 23.2 Å². The van der Waals surface area contributed by atoms with Gasteiger partial charge < -0.3 is 10.5 Å². The van der Waals surface area contributed by atoms with E-state index in [9.17, 15) is 0 Å². The van der Waals surface area contributed by atoms with Gasteiger partial charge in [0.15, 0.2) is 0 Å². The van der Waals surface area contributed by atoms with Gasteiger partial charge in [-0.15, -0.1) is 0 Å². The van der Waals surface area contributed by atoms with Gasteiger partial charge in [0.25, 0.3) is 0 Å². The minimum absolute atomic E-state index is 0.457. The number of hydrogen-bond acceptors (Lipinski definition) is 2. The minimum Gasteiger partial charge on any atom is -0.489 e. The standard InChI is InChI=1S/C14H13Cl2NO.2C2H6/c15-13-6-3-11(7-14(13)16)9-18-12-4-1-10(8-17)2-5-12;2*1-2/h1-7H,8-9,17H2;2*1-2H3. The van der Waals surface area contributed by atoms with Crippen LogP contribution < -0.4 is 10.5 Å². The van der Waals surface area contributed by atoms with Gasteiger partial charge in [-0.1, -0.05) is 69.1 Å². The van der Waals surface area contributed by atoms with E-state index < -0.39 is 0 Å². The average Bonchev–Trinajstić information content (AvgIpc) is 2.60. The molecule has 2 aromatic carbocycles. The zero-order chi connectivity index (χ0) is 17.0. The summed E-state index contributed by atoms with van der Waals surface area (Å²) in [5, 5.41) is 1.09. The van der Waals surface area contributed by atoms with Crippen LogP contribution in [-0.2, 0) is 13.2 Å². The van der Waals surface area contributed by atoms with Gasteiger partial charge in [-0.3, -0.25) is 0 Å². The maximum atomic E-state index is 5.93. The SMILES string of the molecule is CC.CC.NCc1ccc(OCc2ccc(Cl)c(Cl)c2)cc1. The highest BCUT2D eigenvalue weighted by atomic mass is 35.5. The van der Waals surface area contributed by atoms with E-state index in [1.807, 2.05) is 58.0 Å². The first-order valence-electron chi connectivity index (χ1n) is 7.55. The normalized spacial score (nSPS) is 9.05. The van der Waals surface area contributed by atoms with Crippen molar-refractivity contribution in [1.29, 1.82) is 0 Å². The fourth-order valence-corrected chi connectivity index (χ4v) is 1.84. The van der Waals surface area contributed by atoms with Crippen molar-refractivity contribution in [3.05, 3.63) is 63.6 Å². The van der Waals surface area contributed by atoms with Gasteiger partial charge in [0.05, 0.1) is 10.0 Å². The van der Waals surface area contributed by atoms with E-state index >= 15 is 0 Å². The summed E-state index contributed by atoms with van der Waals surface area (Å²) in [7, 11) is 0. The van der Waals surface area contributed by atoms with Crippen molar-refractivity contribution in [2.75, 3.05) is 0 Å². The molecule has 122 valence electrons. The first-order valence-corrected chi connectivity index (χ1v) is 8.30. The lowest BCUT2D eigenvalue weighted by Crippen LogP contribution is -1.98. The molecule has 0 fully saturated rings. The van der Waals surface area contributed by atoms with Gasteiger partial charge >= 0.3 is 0 Å². The molecular formula is C18H25Cl2NO. The lowest BCUT2D eigenvalue weighted by Gasteiger charge is -2.07. The van der Waals surface area contributed by atoms with Gasteiger partial charge in [0.2, 0.25) is 0 Å². The smallest absolute Gasteiger partial charge is 0.119 e. The highest BCUT2D eigenvalue weighted by molar-refractivity contribution is 6.42. The Morgan fingerprint density at radius 1 is 0.818 bits per heavy atom. The Hall–Kier alpha value is -1.22. The number of rotatable bonds is 4. The molecule has 4 heteroatoms. The molecular weight excluding hydrogens is 317 g/mol. The maximum absolute atomic E-state index is 5.93. The zero-order valence-corrected chi connectivity index (χ0v) is 15.2. The molecule has 2 aromatic rings. The summed E-state index contributed by atoms with van der Waals surface area (Å²) in [6.45, 7) is 8.99. The summed E-state index contributed by atoms with van der Waals surface area (Å²) in [6.07, 6.45) is 0. The molecule has 0 atom stereocenters. The van der Waals surface area contributed by atoms with E-state index in [0.717, 1.165) is 16.9 Å². The van der Waals surface area contributed by atoms with Crippen molar-refractivity contribution in [3.8, 4) is 5.75 Å². The first kappa shape index (κ1) is 20.8. The predicted molar refractivity (Wildman–Crippen MR) is 97.8 cm³/mol. The summed E-state index contributed by atoms with van der Waals surface area (Å²) < 4.78 is 5.64. The Labute approximate surface area is 144 Å². The number of hydrogen-bond donors (Lipinski definition) is 1. The highest BCUT2D eigenvalue weighted by Gasteiger charge is 2.01. The molecule has 2 N–H and O–H groups in total. The Balaban J connectivity index is 0.00000102. The molecule has 2 rings (SSSR count). The van der Waals surface area contributed by atoms with Crippen molar-refractivity contribution in [2.45, 2.75) is 40.8 Å². The highest BCUT2D eigenvalue weighted by Crippen LogP contribution is 2.23. The molecule has 22 heavy (non-hydrogen) atoms. The van der Waals surface area contributed by atoms with Crippen molar-refractivity contribution in [2.24, 2.45) is 5.73 Å². The topological polar surface area (TPSA) is 35.2 Å². The number of nitrogens with two attached hydrogens (primary N) is 1. The summed E-state index contributed by atoms with van der Waals surface area (Å²) >= 11 is 11.8. The fourth-order valence-electron chi connectivity index (χ4n) is 1.52. The minimum atomic E-state index is 0.457. The molecule has 0 unspecified atom stereocenters. The summed E-state index contributed by atoms with van der Waals surface area (Å²) in [5.74, 6) is 0.804. The third-order valence-corrected chi connectivity index (χ3v) is 3.29. The lowest BCUT2D eigenvalue weighted by molar-refractivity contribution is 0.306. The number of ether oxygens (including phenoxy) is 1. The first-order chi connectivity index (χ1) is 10.7. The van der Waals surface area contributed by atoms with Crippen LogP contribution in [0.4, 0.5) is 0 Å². The van der Waals surface area contributed by atoms with E-state index in [0.29, 0.717) is 23.2 Å². The van der Waals surface area contributed by atoms with Crippen LogP contribution in [0.2, 0.25) is 10.0 Å². The summed E-state index contributed by atoms with van der Waals surface area (Å²) in [5.41, 5.74) is 7.59. The van der Waals surface area contributed by atoms with Gasteiger partial charge in [0, 0.05) is 6.54 Å². The van der Waals surface area contributed by atoms with Gasteiger partial charge in [-0.2, -0.15) is 0 Å². The number of benzene rings is 2. The van der Waals surface area contributed by atoms with Crippen LogP contribution in [0.5, 0.6) is 5.75 Å². The van der Waals surface area contributed by atoms with Crippen LogP contribution in [0.3, 0.4) is 0 Å². The Bertz CT molecular complexity index is 527. The van der Waals surface area contributed by atoms with E-state index in [4.69, 9.17) is 33.7 Å². The van der Waals surface area contributed by atoms with Crippen LogP contribution in [0.15, 0.2) is 42.5 Å². The molecule has 0 aromatic heterocycles. The van der Waals surface area contributed by atoms with Crippen molar-refractivity contribution in [3.63, 3.8) is 0 Å². The van der Waals surface area contributed by atoms with Crippen molar-refractivity contribution >= 4 is 23.2 Å². The van der Waals surface area contributed by atoms with Gasteiger partial charge in [0.1, 0.15) is 12.4 Å². The van der Waals surface area contributed by atoms with Crippen molar-refractivity contribution in [1.82, 2.24) is 0 Å². The predicted octanol–water partition coefficient (Wildman–Crippen LogP) is 6.08. The van der Waals surface area contributed by atoms with Crippen LogP contribution in [0.25, 0.3) is 0 Å². The molecule has 0 saturated carbocycles. The van der Waals surface area contributed by atoms with Crippen LogP contribution in [-0.4, -0.2) is 0 Å². The molecule has 0 amide bonds. The maximum Gasteiger partial charge on any atom is 0.119 e.